The third-order valence-electron chi connectivity index (χ3n) is 1.87. The van der Waals surface area contributed by atoms with Gasteiger partial charge in [-0.2, -0.15) is 11.3 Å². The van der Waals surface area contributed by atoms with Crippen molar-refractivity contribution in [1.82, 2.24) is 9.97 Å². The molecule has 0 aliphatic rings. The van der Waals surface area contributed by atoms with Crippen LogP contribution in [0.15, 0.2) is 17.0 Å². The summed E-state index contributed by atoms with van der Waals surface area (Å²) in [6, 6.07) is 0. The van der Waals surface area contributed by atoms with Crippen molar-refractivity contribution in [2.24, 2.45) is 0 Å². The van der Waals surface area contributed by atoms with Crippen molar-refractivity contribution in [3.8, 4) is 11.4 Å². The minimum atomic E-state index is 0.543. The molecule has 0 bridgehead atoms. The average Bonchev–Trinajstić information content (AvgIpc) is 2.57. The van der Waals surface area contributed by atoms with E-state index in [1.165, 1.54) is 5.56 Å². The van der Waals surface area contributed by atoms with E-state index in [-0.39, 0.29) is 0 Å². The lowest BCUT2D eigenvalue weighted by atomic mass is 10.2. The first kappa shape index (κ1) is 9.85. The highest BCUT2D eigenvalue weighted by Gasteiger charge is 2.07. The van der Waals surface area contributed by atoms with Gasteiger partial charge >= 0.3 is 0 Å². The van der Waals surface area contributed by atoms with E-state index in [0.29, 0.717) is 11.6 Å². The highest BCUT2D eigenvalue weighted by Crippen LogP contribution is 2.24. The van der Waals surface area contributed by atoms with Gasteiger partial charge < -0.3 is 5.73 Å². The van der Waals surface area contributed by atoms with Gasteiger partial charge in [0.1, 0.15) is 5.82 Å². The summed E-state index contributed by atoms with van der Waals surface area (Å²) >= 11 is 3.77. The molecule has 0 atom stereocenters. The van der Waals surface area contributed by atoms with Gasteiger partial charge in [-0.25, -0.2) is 9.97 Å². The summed E-state index contributed by atoms with van der Waals surface area (Å²) in [6.07, 6.45) is 1.75. The van der Waals surface area contributed by atoms with E-state index in [0.717, 1.165) is 9.13 Å². The number of thiophene rings is 1. The zero-order chi connectivity index (χ0) is 10.1. The second kappa shape index (κ2) is 3.82. The molecular weight excluding hydrogens is 309 g/mol. The van der Waals surface area contributed by atoms with Gasteiger partial charge in [0.15, 0.2) is 5.82 Å². The van der Waals surface area contributed by atoms with Gasteiger partial charge in [-0.1, -0.05) is 0 Å². The molecule has 0 saturated carbocycles. The van der Waals surface area contributed by atoms with Gasteiger partial charge in [-0.05, 0) is 40.5 Å². The smallest absolute Gasteiger partial charge is 0.162 e. The van der Waals surface area contributed by atoms with Crippen molar-refractivity contribution in [3.63, 3.8) is 0 Å². The number of halogens is 1. The summed E-state index contributed by atoms with van der Waals surface area (Å²) in [7, 11) is 0. The largest absolute Gasteiger partial charge is 0.383 e. The molecular formula is C9H8IN3S. The van der Waals surface area contributed by atoms with Crippen LogP contribution in [0.2, 0.25) is 0 Å². The van der Waals surface area contributed by atoms with Crippen LogP contribution in [0.4, 0.5) is 5.82 Å². The van der Waals surface area contributed by atoms with Gasteiger partial charge in [0.25, 0.3) is 0 Å². The molecule has 0 aliphatic carbocycles. The van der Waals surface area contributed by atoms with Crippen LogP contribution in [0.25, 0.3) is 11.4 Å². The number of nitrogen functional groups attached to an aromatic ring is 1. The third kappa shape index (κ3) is 1.74. The Morgan fingerprint density at radius 1 is 1.43 bits per heavy atom. The number of anilines is 1. The van der Waals surface area contributed by atoms with Gasteiger partial charge in [0.05, 0.1) is 3.57 Å². The maximum absolute atomic E-state index is 5.72. The maximum Gasteiger partial charge on any atom is 0.162 e. The summed E-state index contributed by atoms with van der Waals surface area (Å²) in [5, 5.41) is 4.11. The summed E-state index contributed by atoms with van der Waals surface area (Å²) in [5.74, 6) is 1.25. The van der Waals surface area contributed by atoms with Crippen molar-refractivity contribution in [1.29, 1.82) is 0 Å². The van der Waals surface area contributed by atoms with Crippen molar-refractivity contribution < 1.29 is 0 Å². The summed E-state index contributed by atoms with van der Waals surface area (Å²) in [5.41, 5.74) is 7.98. The van der Waals surface area contributed by atoms with Gasteiger partial charge in [-0.15, -0.1) is 0 Å². The molecule has 0 amide bonds. The molecule has 2 aromatic rings. The van der Waals surface area contributed by atoms with E-state index in [9.17, 15) is 0 Å². The molecule has 0 spiro atoms. The molecule has 0 saturated heterocycles. The van der Waals surface area contributed by atoms with E-state index in [4.69, 9.17) is 5.73 Å². The van der Waals surface area contributed by atoms with Crippen LogP contribution in [0.5, 0.6) is 0 Å². The number of aryl methyl sites for hydroxylation is 1. The summed E-state index contributed by atoms with van der Waals surface area (Å²) in [4.78, 5) is 8.49. The van der Waals surface area contributed by atoms with E-state index in [1.54, 1.807) is 17.5 Å². The fourth-order valence-electron chi connectivity index (χ4n) is 1.10. The van der Waals surface area contributed by atoms with Crippen LogP contribution in [0.1, 0.15) is 5.56 Å². The zero-order valence-corrected chi connectivity index (χ0v) is 10.5. The van der Waals surface area contributed by atoms with E-state index in [1.807, 2.05) is 12.3 Å². The van der Waals surface area contributed by atoms with Crippen molar-refractivity contribution in [2.45, 2.75) is 6.92 Å². The number of hydrogen-bond donors (Lipinski definition) is 1. The molecule has 0 radical (unpaired) electrons. The monoisotopic (exact) mass is 317 g/mol. The molecule has 5 heteroatoms. The number of hydrogen-bond acceptors (Lipinski definition) is 4. The molecule has 0 unspecified atom stereocenters. The highest BCUT2D eigenvalue weighted by atomic mass is 127. The lowest BCUT2D eigenvalue weighted by molar-refractivity contribution is 1.17. The van der Waals surface area contributed by atoms with Crippen LogP contribution >= 0.6 is 33.9 Å². The van der Waals surface area contributed by atoms with Gasteiger partial charge in [-0.3, -0.25) is 0 Å². The average molecular weight is 317 g/mol. The standard InChI is InChI=1S/C9H8IN3S/c1-5-3-14-4-6(5)9-12-2-7(10)8(11)13-9/h2-4H,1H3,(H2,11,12,13). The third-order valence-corrected chi connectivity index (χ3v) is 3.56. The highest BCUT2D eigenvalue weighted by molar-refractivity contribution is 14.1. The Balaban J connectivity index is 2.53. The van der Waals surface area contributed by atoms with Crippen LogP contribution in [0.3, 0.4) is 0 Å². The van der Waals surface area contributed by atoms with Crippen LogP contribution < -0.4 is 5.73 Å². The summed E-state index contributed by atoms with van der Waals surface area (Å²) in [6.45, 7) is 2.04. The lowest BCUT2D eigenvalue weighted by Crippen LogP contribution is -1.98. The SMILES string of the molecule is Cc1cscc1-c1ncc(I)c(N)n1. The Morgan fingerprint density at radius 2 is 2.21 bits per heavy atom. The minimum Gasteiger partial charge on any atom is -0.383 e. The normalized spacial score (nSPS) is 10.4. The first-order valence-corrected chi connectivity index (χ1v) is 6.02. The maximum atomic E-state index is 5.72. The quantitative estimate of drug-likeness (QED) is 0.823. The molecule has 2 rings (SSSR count). The fraction of sp³-hybridized carbons (Fsp3) is 0.111. The second-order valence-electron chi connectivity index (χ2n) is 2.90. The number of nitrogens with zero attached hydrogens (tertiary/aromatic N) is 2. The number of nitrogens with two attached hydrogens (primary N) is 1. The Bertz CT molecular complexity index is 467. The molecule has 0 aliphatic heterocycles. The predicted octanol–water partition coefficient (Wildman–Crippen LogP) is 2.70. The van der Waals surface area contributed by atoms with Gasteiger partial charge in [0, 0.05) is 17.1 Å². The van der Waals surface area contributed by atoms with E-state index in [2.05, 4.69) is 37.9 Å². The van der Waals surface area contributed by atoms with Crippen molar-refractivity contribution in [3.05, 3.63) is 26.1 Å². The van der Waals surface area contributed by atoms with Crippen LogP contribution in [-0.2, 0) is 0 Å². The van der Waals surface area contributed by atoms with E-state index >= 15 is 0 Å². The topological polar surface area (TPSA) is 51.8 Å². The molecule has 2 N–H and O–H groups in total. The zero-order valence-electron chi connectivity index (χ0n) is 7.49. The predicted molar refractivity (Wildman–Crippen MR) is 67.2 cm³/mol. The molecule has 0 fully saturated rings. The second-order valence-corrected chi connectivity index (χ2v) is 4.80. The Kier molecular flexibility index (Phi) is 2.69. The van der Waals surface area contributed by atoms with Crippen molar-refractivity contribution in [2.75, 3.05) is 5.73 Å². The van der Waals surface area contributed by atoms with Crippen molar-refractivity contribution >= 4 is 39.7 Å². The summed E-state index contributed by atoms with van der Waals surface area (Å²) < 4.78 is 0.888. The molecule has 72 valence electrons. The Morgan fingerprint density at radius 3 is 2.79 bits per heavy atom. The van der Waals surface area contributed by atoms with E-state index < -0.39 is 0 Å². The minimum absolute atomic E-state index is 0.543. The molecule has 0 aromatic carbocycles. The lowest BCUT2D eigenvalue weighted by Gasteiger charge is -2.01. The Hall–Kier alpha value is -0.690. The molecule has 2 aromatic heterocycles. The fourth-order valence-corrected chi connectivity index (χ4v) is 2.19. The van der Waals surface area contributed by atoms with Gasteiger partial charge in [0.2, 0.25) is 0 Å². The first-order chi connectivity index (χ1) is 6.68. The molecule has 14 heavy (non-hydrogen) atoms. The van der Waals surface area contributed by atoms with Crippen LogP contribution in [-0.4, -0.2) is 9.97 Å². The first-order valence-electron chi connectivity index (χ1n) is 3.99. The number of rotatable bonds is 1. The molecule has 3 nitrogen and oxygen atoms in total. The Labute approximate surface area is 99.5 Å². The number of aromatic nitrogens is 2. The molecule has 2 heterocycles. The van der Waals surface area contributed by atoms with Crippen LogP contribution in [0, 0.1) is 10.5 Å².